The molecule has 1 amide bonds. The molecule has 0 aliphatic heterocycles. The molecule has 4 atom stereocenters. The molecular weight excluding hydrogens is 316 g/mol. The molecule has 2 rings (SSSR count). The second-order valence-electron chi connectivity index (χ2n) is 8.15. The summed E-state index contributed by atoms with van der Waals surface area (Å²) in [7, 11) is 0. The molecule has 1 aromatic heterocycles. The summed E-state index contributed by atoms with van der Waals surface area (Å²) >= 11 is 0. The smallest absolute Gasteiger partial charge is 0.246 e. The largest absolute Gasteiger partial charge is 0.368 e. The first-order valence-electron chi connectivity index (χ1n) is 9.60. The van der Waals surface area contributed by atoms with E-state index in [-0.39, 0.29) is 24.7 Å². The molecule has 0 aromatic carbocycles. The summed E-state index contributed by atoms with van der Waals surface area (Å²) in [5, 5.41) is 7.00. The van der Waals surface area contributed by atoms with Crippen LogP contribution < -0.4 is 5.32 Å². The number of nitrogens with one attached hydrogen (secondary N) is 1. The number of ether oxygens (including phenoxy) is 1. The third-order valence-electron chi connectivity index (χ3n) is 5.49. The topological polar surface area (TPSA) is 64.4 Å². The molecule has 1 aliphatic carbocycles. The molecule has 1 aromatic rings. The van der Waals surface area contributed by atoms with Gasteiger partial charge in [0.25, 0.3) is 0 Å². The van der Waals surface area contributed by atoms with Gasteiger partial charge in [0.15, 0.2) is 0 Å². The van der Waals surface area contributed by atoms with Crippen LogP contribution in [0.3, 0.4) is 0 Å². The van der Waals surface area contributed by atoms with E-state index in [4.69, 9.17) is 9.26 Å². The highest BCUT2D eigenvalue weighted by atomic mass is 16.5. The Labute approximate surface area is 151 Å². The number of hydrogen-bond acceptors (Lipinski definition) is 4. The van der Waals surface area contributed by atoms with Crippen LogP contribution >= 0.6 is 0 Å². The zero-order valence-electron chi connectivity index (χ0n) is 16.6. The van der Waals surface area contributed by atoms with Crippen molar-refractivity contribution >= 4 is 5.91 Å². The van der Waals surface area contributed by atoms with Crippen molar-refractivity contribution in [2.45, 2.75) is 79.4 Å². The van der Waals surface area contributed by atoms with Crippen LogP contribution in [-0.4, -0.2) is 29.8 Å². The molecule has 4 unspecified atom stereocenters. The molecule has 1 saturated carbocycles. The lowest BCUT2D eigenvalue weighted by molar-refractivity contribution is -0.131. The van der Waals surface area contributed by atoms with Crippen molar-refractivity contribution in [1.82, 2.24) is 10.5 Å². The molecule has 1 heterocycles. The predicted octanol–water partition coefficient (Wildman–Crippen LogP) is 3.82. The Hall–Kier alpha value is -1.36. The van der Waals surface area contributed by atoms with Crippen LogP contribution in [0.2, 0.25) is 0 Å². The Morgan fingerprint density at radius 2 is 2.04 bits per heavy atom. The maximum atomic E-state index is 12.3. The number of carbonyl (C=O) groups excluding carboxylic acids is 1. The molecule has 0 bridgehead atoms. The SMILES string of the molecule is Cc1noc(C)c1CC(C)NC(=O)COC1CC(C)CCC1C(C)C. The third kappa shape index (κ3) is 5.56. The van der Waals surface area contributed by atoms with Crippen molar-refractivity contribution in [2.75, 3.05) is 6.61 Å². The highest BCUT2D eigenvalue weighted by Crippen LogP contribution is 2.35. The number of aryl methyl sites for hydroxylation is 2. The minimum absolute atomic E-state index is 0.0269. The lowest BCUT2D eigenvalue weighted by atomic mass is 9.75. The van der Waals surface area contributed by atoms with Crippen LogP contribution in [0.15, 0.2) is 4.52 Å². The summed E-state index contributed by atoms with van der Waals surface area (Å²) < 4.78 is 11.2. The van der Waals surface area contributed by atoms with Crippen molar-refractivity contribution in [1.29, 1.82) is 0 Å². The van der Waals surface area contributed by atoms with Gasteiger partial charge in [-0.1, -0.05) is 32.3 Å². The Balaban J connectivity index is 1.81. The first kappa shape index (κ1) is 20.0. The van der Waals surface area contributed by atoms with Crippen LogP contribution in [-0.2, 0) is 16.0 Å². The van der Waals surface area contributed by atoms with E-state index in [0.717, 1.165) is 29.9 Å². The van der Waals surface area contributed by atoms with E-state index < -0.39 is 0 Å². The summed E-state index contributed by atoms with van der Waals surface area (Å²) in [4.78, 5) is 12.3. The zero-order chi connectivity index (χ0) is 18.6. The number of carbonyl (C=O) groups is 1. The molecule has 1 fully saturated rings. The van der Waals surface area contributed by atoms with Gasteiger partial charge in [0.1, 0.15) is 12.4 Å². The van der Waals surface area contributed by atoms with Crippen molar-refractivity contribution in [2.24, 2.45) is 17.8 Å². The average Bonchev–Trinajstić information content (AvgIpc) is 2.84. The highest BCUT2D eigenvalue weighted by molar-refractivity contribution is 5.77. The van der Waals surface area contributed by atoms with Gasteiger partial charge in [-0.3, -0.25) is 4.79 Å². The number of rotatable bonds is 7. The van der Waals surface area contributed by atoms with Crippen LogP contribution in [0.5, 0.6) is 0 Å². The Bertz CT molecular complexity index is 548. The van der Waals surface area contributed by atoms with E-state index in [2.05, 4.69) is 31.2 Å². The summed E-state index contributed by atoms with van der Waals surface area (Å²) in [6, 6.07) is 0.0269. The monoisotopic (exact) mass is 350 g/mol. The molecule has 0 saturated heterocycles. The van der Waals surface area contributed by atoms with E-state index in [1.54, 1.807) is 0 Å². The lowest BCUT2D eigenvalue weighted by Gasteiger charge is -2.37. The molecule has 142 valence electrons. The van der Waals surface area contributed by atoms with Crippen LogP contribution in [0.1, 0.15) is 64.0 Å². The summed E-state index contributed by atoms with van der Waals surface area (Å²) in [6.07, 6.45) is 4.45. The van der Waals surface area contributed by atoms with Gasteiger partial charge in [0.2, 0.25) is 5.91 Å². The van der Waals surface area contributed by atoms with Gasteiger partial charge < -0.3 is 14.6 Å². The quantitative estimate of drug-likeness (QED) is 0.812. The van der Waals surface area contributed by atoms with Crippen molar-refractivity contribution in [3.05, 3.63) is 17.0 Å². The fourth-order valence-electron chi connectivity index (χ4n) is 3.96. The van der Waals surface area contributed by atoms with Crippen molar-refractivity contribution in [3.63, 3.8) is 0 Å². The molecule has 0 spiro atoms. The lowest BCUT2D eigenvalue weighted by Crippen LogP contribution is -2.40. The average molecular weight is 351 g/mol. The van der Waals surface area contributed by atoms with Gasteiger partial charge in [-0.05, 0) is 57.8 Å². The number of hydrogen-bond donors (Lipinski definition) is 1. The van der Waals surface area contributed by atoms with Crippen molar-refractivity contribution < 1.29 is 14.1 Å². The normalized spacial score (nSPS) is 25.2. The minimum atomic E-state index is -0.0417. The van der Waals surface area contributed by atoms with Crippen LogP contribution in [0, 0.1) is 31.6 Å². The fourth-order valence-corrected chi connectivity index (χ4v) is 3.96. The molecule has 1 aliphatic rings. The summed E-state index contributed by atoms with van der Waals surface area (Å²) in [5.74, 6) is 2.62. The second-order valence-corrected chi connectivity index (χ2v) is 8.15. The van der Waals surface area contributed by atoms with Gasteiger partial charge in [-0.2, -0.15) is 0 Å². The summed E-state index contributed by atoms with van der Waals surface area (Å²) in [6.45, 7) is 12.8. The molecular formula is C20H34N2O3. The first-order valence-corrected chi connectivity index (χ1v) is 9.60. The van der Waals surface area contributed by atoms with E-state index in [9.17, 15) is 4.79 Å². The van der Waals surface area contributed by atoms with Gasteiger partial charge in [-0.25, -0.2) is 0 Å². The van der Waals surface area contributed by atoms with E-state index in [1.807, 2.05) is 20.8 Å². The number of aromatic nitrogens is 1. The fraction of sp³-hybridized carbons (Fsp3) is 0.800. The maximum absolute atomic E-state index is 12.3. The molecule has 25 heavy (non-hydrogen) atoms. The van der Waals surface area contributed by atoms with Gasteiger partial charge in [0.05, 0.1) is 11.8 Å². The standard InChI is InChI=1S/C20H34N2O3/c1-12(2)17-8-7-13(3)9-19(17)24-11-20(23)21-14(4)10-18-15(5)22-25-16(18)6/h12-14,17,19H,7-11H2,1-6H3,(H,21,23). The number of nitrogens with zero attached hydrogens (tertiary/aromatic N) is 1. The third-order valence-corrected chi connectivity index (χ3v) is 5.49. The second kappa shape index (κ2) is 8.84. The zero-order valence-corrected chi connectivity index (χ0v) is 16.6. The van der Waals surface area contributed by atoms with Gasteiger partial charge in [-0.15, -0.1) is 0 Å². The Kier molecular flexibility index (Phi) is 7.05. The molecule has 5 nitrogen and oxygen atoms in total. The Morgan fingerprint density at radius 3 is 2.64 bits per heavy atom. The molecule has 1 N–H and O–H groups in total. The Morgan fingerprint density at radius 1 is 1.32 bits per heavy atom. The van der Waals surface area contributed by atoms with E-state index >= 15 is 0 Å². The van der Waals surface area contributed by atoms with Crippen molar-refractivity contribution in [3.8, 4) is 0 Å². The highest BCUT2D eigenvalue weighted by Gasteiger charge is 2.31. The van der Waals surface area contributed by atoms with Gasteiger partial charge in [0, 0.05) is 11.6 Å². The molecule has 0 radical (unpaired) electrons. The van der Waals surface area contributed by atoms with Gasteiger partial charge >= 0.3 is 0 Å². The van der Waals surface area contributed by atoms with E-state index in [1.165, 1.54) is 12.8 Å². The number of amides is 1. The van der Waals surface area contributed by atoms with Crippen LogP contribution in [0.4, 0.5) is 0 Å². The van der Waals surface area contributed by atoms with E-state index in [0.29, 0.717) is 17.8 Å². The minimum Gasteiger partial charge on any atom is -0.368 e. The van der Waals surface area contributed by atoms with Crippen LogP contribution in [0.25, 0.3) is 0 Å². The first-order chi connectivity index (χ1) is 11.8. The summed E-state index contributed by atoms with van der Waals surface area (Å²) in [5.41, 5.74) is 1.97. The predicted molar refractivity (Wildman–Crippen MR) is 98.4 cm³/mol. The maximum Gasteiger partial charge on any atom is 0.246 e. The molecule has 5 heteroatoms.